The van der Waals surface area contributed by atoms with Crippen LogP contribution in [0.3, 0.4) is 0 Å². The number of para-hydroxylation sites is 3. The lowest BCUT2D eigenvalue weighted by atomic mass is 9.90. The molecule has 1 aliphatic carbocycles. The molecular formula is C69H44N4O2. The Labute approximate surface area is 431 Å². The molecule has 0 amide bonds. The van der Waals surface area contributed by atoms with Crippen molar-refractivity contribution in [2.45, 2.75) is 12.8 Å². The molecule has 0 aliphatic heterocycles. The predicted molar refractivity (Wildman–Crippen MR) is 308 cm³/mol. The summed E-state index contributed by atoms with van der Waals surface area (Å²) in [5.41, 5.74) is 17.9. The molecule has 0 atom stereocenters. The van der Waals surface area contributed by atoms with Crippen molar-refractivity contribution in [3.8, 4) is 73.2 Å². The highest BCUT2D eigenvalue weighted by atomic mass is 16.3. The molecular weight excluding hydrogens is 917 g/mol. The van der Waals surface area contributed by atoms with E-state index in [2.05, 4.69) is 205 Å². The maximum absolute atomic E-state index is 6.65. The summed E-state index contributed by atoms with van der Waals surface area (Å²) in [5, 5.41) is 6.51. The molecule has 0 radical (unpaired) electrons. The second kappa shape index (κ2) is 17.4. The van der Waals surface area contributed by atoms with Crippen molar-refractivity contribution in [2.75, 3.05) is 0 Å². The van der Waals surface area contributed by atoms with Crippen LogP contribution in [-0.2, 0) is 0 Å². The van der Waals surface area contributed by atoms with Gasteiger partial charge in [-0.1, -0.05) is 176 Å². The fourth-order valence-electron chi connectivity index (χ4n) is 11.3. The molecule has 0 N–H and O–H groups in total. The Morgan fingerprint density at radius 3 is 1.55 bits per heavy atom. The number of furan rings is 2. The second-order valence-corrected chi connectivity index (χ2v) is 19.4. The van der Waals surface area contributed by atoms with Crippen LogP contribution in [0.1, 0.15) is 18.4 Å². The van der Waals surface area contributed by atoms with Gasteiger partial charge in [0.05, 0.1) is 22.3 Å². The van der Waals surface area contributed by atoms with Crippen LogP contribution in [0.25, 0.3) is 144 Å². The Hall–Kier alpha value is -9.91. The minimum Gasteiger partial charge on any atom is -0.456 e. The summed E-state index contributed by atoms with van der Waals surface area (Å²) >= 11 is 0. The van der Waals surface area contributed by atoms with Crippen molar-refractivity contribution in [3.63, 3.8) is 0 Å². The van der Waals surface area contributed by atoms with Gasteiger partial charge in [-0.2, -0.15) is 0 Å². The summed E-state index contributed by atoms with van der Waals surface area (Å²) in [6, 6.07) is 79.3. The van der Waals surface area contributed by atoms with E-state index in [1.807, 2.05) is 42.5 Å². The number of allylic oxidation sites excluding steroid dienone is 4. The van der Waals surface area contributed by atoms with Crippen molar-refractivity contribution in [1.82, 2.24) is 19.5 Å². The van der Waals surface area contributed by atoms with Crippen molar-refractivity contribution in [2.24, 2.45) is 0 Å². The molecule has 0 saturated carbocycles. The third-order valence-electron chi connectivity index (χ3n) is 14.9. The predicted octanol–water partition coefficient (Wildman–Crippen LogP) is 18.5. The molecule has 14 aromatic rings. The van der Waals surface area contributed by atoms with Crippen molar-refractivity contribution < 1.29 is 8.83 Å². The Morgan fingerprint density at radius 1 is 0.333 bits per heavy atom. The maximum Gasteiger partial charge on any atom is 0.167 e. The normalized spacial score (nSPS) is 12.7. The van der Waals surface area contributed by atoms with Gasteiger partial charge in [-0.3, -0.25) is 0 Å². The molecule has 15 rings (SSSR count). The lowest BCUT2D eigenvalue weighted by Gasteiger charge is -2.22. The zero-order valence-electron chi connectivity index (χ0n) is 40.6. The van der Waals surface area contributed by atoms with Crippen LogP contribution in [0.5, 0.6) is 0 Å². The highest BCUT2D eigenvalue weighted by Gasteiger charge is 2.25. The Bertz CT molecular complexity index is 4540. The average molecular weight is 961 g/mol. The zero-order chi connectivity index (χ0) is 49.4. The van der Waals surface area contributed by atoms with Crippen molar-refractivity contribution >= 4 is 71.3 Å². The van der Waals surface area contributed by atoms with Gasteiger partial charge in [-0.05, 0) is 113 Å². The first kappa shape index (κ1) is 42.7. The van der Waals surface area contributed by atoms with Crippen LogP contribution >= 0.6 is 0 Å². The molecule has 1 aliphatic rings. The summed E-state index contributed by atoms with van der Waals surface area (Å²) < 4.78 is 15.6. The molecule has 10 aromatic carbocycles. The van der Waals surface area contributed by atoms with E-state index in [1.54, 1.807) is 0 Å². The Morgan fingerprint density at radius 2 is 0.880 bits per heavy atom. The molecule has 0 unspecified atom stereocenters. The fourth-order valence-corrected chi connectivity index (χ4v) is 11.3. The smallest absolute Gasteiger partial charge is 0.167 e. The van der Waals surface area contributed by atoms with Crippen molar-refractivity contribution in [3.05, 3.63) is 248 Å². The molecule has 0 fully saturated rings. The van der Waals surface area contributed by atoms with Crippen LogP contribution in [0.15, 0.2) is 252 Å². The third-order valence-corrected chi connectivity index (χ3v) is 14.9. The zero-order valence-corrected chi connectivity index (χ0v) is 40.6. The van der Waals surface area contributed by atoms with Gasteiger partial charge in [0.2, 0.25) is 0 Å². The molecule has 6 heteroatoms. The van der Waals surface area contributed by atoms with E-state index in [4.69, 9.17) is 23.8 Å². The number of nitrogens with zero attached hydrogens (tertiary/aromatic N) is 4. The third kappa shape index (κ3) is 7.21. The Balaban J connectivity index is 1.02. The van der Waals surface area contributed by atoms with Gasteiger partial charge in [0.1, 0.15) is 22.3 Å². The monoisotopic (exact) mass is 960 g/mol. The van der Waals surface area contributed by atoms with Crippen LogP contribution < -0.4 is 0 Å². The quantitative estimate of drug-likeness (QED) is 0.152. The molecule has 0 saturated heterocycles. The van der Waals surface area contributed by atoms with E-state index in [1.165, 1.54) is 33.0 Å². The summed E-state index contributed by atoms with van der Waals surface area (Å²) in [6.07, 6.45) is 8.86. The molecule has 0 bridgehead atoms. The van der Waals surface area contributed by atoms with Crippen LogP contribution in [-0.4, -0.2) is 19.5 Å². The molecule has 0 spiro atoms. The maximum atomic E-state index is 6.65. The van der Waals surface area contributed by atoms with Gasteiger partial charge in [0.15, 0.2) is 17.5 Å². The van der Waals surface area contributed by atoms with Crippen molar-refractivity contribution in [1.29, 1.82) is 0 Å². The van der Waals surface area contributed by atoms with E-state index in [0.717, 1.165) is 112 Å². The number of benzene rings is 10. The Kier molecular flexibility index (Phi) is 9.91. The fraction of sp³-hybridized carbons (Fsp3) is 0.0290. The van der Waals surface area contributed by atoms with E-state index in [0.29, 0.717) is 17.5 Å². The standard InChI is InChI=1S/C69H44N4O2/c1-5-18-43(19-6-1)47-33-36-60-58(38-47)59-39-48(44-20-7-2-8-21-44)34-37-61(59)73(60)65-56(45-22-9-3-10-23-45)40-50(41-57(65)46-24-11-4-12-25-46)68-70-67(49-32-35-53-51-26-13-15-30-62(51)74-64(53)42-49)71-69(72-68)55-29-17-28-54-52-27-14-16-31-63(52)75-66(54)55/h1-3,5-11,13-42H,4,12H2. The second-order valence-electron chi connectivity index (χ2n) is 19.4. The molecule has 6 nitrogen and oxygen atoms in total. The van der Waals surface area contributed by atoms with Gasteiger partial charge >= 0.3 is 0 Å². The van der Waals surface area contributed by atoms with Gasteiger partial charge < -0.3 is 13.4 Å². The number of hydrogen-bond acceptors (Lipinski definition) is 5. The van der Waals surface area contributed by atoms with Crippen LogP contribution in [0.2, 0.25) is 0 Å². The van der Waals surface area contributed by atoms with Gasteiger partial charge in [0, 0.05) is 54.6 Å². The number of rotatable bonds is 8. The average Bonchev–Trinajstić information content (AvgIpc) is 4.22. The summed E-state index contributed by atoms with van der Waals surface area (Å²) in [7, 11) is 0. The van der Waals surface area contributed by atoms with E-state index in [-0.39, 0.29) is 0 Å². The topological polar surface area (TPSA) is 69.9 Å². The SMILES string of the molecule is C1=CC(c2cc(-c3nc(-c4ccc5c(c4)oc4ccccc45)nc(-c4cccc5c4oc4ccccc45)n3)cc(-c3ccccc3)c2-n2c3ccc(-c4ccccc4)cc3c3cc(-c4ccccc4)ccc32)=CCC1. The minimum atomic E-state index is 0.513. The van der Waals surface area contributed by atoms with Gasteiger partial charge in [-0.25, -0.2) is 15.0 Å². The highest BCUT2D eigenvalue weighted by Crippen LogP contribution is 2.45. The van der Waals surface area contributed by atoms with Gasteiger partial charge in [-0.15, -0.1) is 0 Å². The first-order valence-corrected chi connectivity index (χ1v) is 25.6. The summed E-state index contributed by atoms with van der Waals surface area (Å²) in [6.45, 7) is 0. The van der Waals surface area contributed by atoms with E-state index < -0.39 is 0 Å². The minimum absolute atomic E-state index is 0.513. The first-order valence-electron chi connectivity index (χ1n) is 25.6. The van der Waals surface area contributed by atoms with Crippen LogP contribution in [0.4, 0.5) is 0 Å². The molecule has 4 aromatic heterocycles. The lowest BCUT2D eigenvalue weighted by Crippen LogP contribution is -2.06. The van der Waals surface area contributed by atoms with Crippen LogP contribution in [0, 0.1) is 0 Å². The highest BCUT2D eigenvalue weighted by molar-refractivity contribution is 6.13. The first-order chi connectivity index (χ1) is 37.2. The number of hydrogen-bond donors (Lipinski definition) is 0. The lowest BCUT2D eigenvalue weighted by molar-refractivity contribution is 0.668. The number of aromatic nitrogens is 4. The molecule has 4 heterocycles. The van der Waals surface area contributed by atoms with E-state index in [9.17, 15) is 0 Å². The number of fused-ring (bicyclic) bond motifs is 9. The summed E-state index contributed by atoms with van der Waals surface area (Å²) in [4.78, 5) is 16.2. The van der Waals surface area contributed by atoms with E-state index >= 15 is 0 Å². The molecule has 352 valence electrons. The summed E-state index contributed by atoms with van der Waals surface area (Å²) in [5.74, 6) is 1.58. The van der Waals surface area contributed by atoms with Gasteiger partial charge in [0.25, 0.3) is 0 Å². The largest absolute Gasteiger partial charge is 0.456 e. The molecule has 75 heavy (non-hydrogen) atoms.